The van der Waals surface area contributed by atoms with Crippen molar-refractivity contribution in [2.24, 2.45) is 0 Å². The number of imide groups is 1. The molecule has 1 aliphatic heterocycles. The first-order valence-electron chi connectivity index (χ1n) is 6.85. The smallest absolute Gasteiger partial charge is 0.267 e. The molecule has 1 aromatic carbocycles. The zero-order chi connectivity index (χ0) is 15.2. The molecule has 0 bridgehead atoms. The van der Waals surface area contributed by atoms with Gasteiger partial charge in [0.1, 0.15) is 5.82 Å². The number of amides is 2. The van der Waals surface area contributed by atoms with Crippen LogP contribution in [0, 0.1) is 0 Å². The van der Waals surface area contributed by atoms with Gasteiger partial charge in [-0.15, -0.1) is 0 Å². The largest absolute Gasteiger partial charge is 0.268 e. The highest BCUT2D eigenvalue weighted by Gasteiger charge is 2.37. The third kappa shape index (κ3) is 2.13. The lowest BCUT2D eigenvalue weighted by Gasteiger charge is -2.20. The number of pyridine rings is 1. The van der Waals surface area contributed by atoms with Gasteiger partial charge in [0, 0.05) is 11.1 Å². The minimum atomic E-state index is -0.311. The van der Waals surface area contributed by atoms with Crippen molar-refractivity contribution in [1.29, 1.82) is 0 Å². The normalized spacial score (nSPS) is 14.5. The monoisotopic (exact) mass is 280 g/mol. The van der Waals surface area contributed by atoms with E-state index in [1.807, 2.05) is 32.9 Å². The van der Waals surface area contributed by atoms with Crippen molar-refractivity contribution in [2.45, 2.75) is 26.2 Å². The molecule has 0 atom stereocenters. The quantitative estimate of drug-likeness (QED) is 0.754. The molecule has 0 unspecified atom stereocenters. The highest BCUT2D eigenvalue weighted by Crippen LogP contribution is 2.29. The first kappa shape index (κ1) is 13.5. The van der Waals surface area contributed by atoms with Gasteiger partial charge >= 0.3 is 0 Å². The van der Waals surface area contributed by atoms with Crippen molar-refractivity contribution in [2.75, 3.05) is 4.90 Å². The molecule has 3 rings (SSSR count). The maximum Gasteiger partial charge on any atom is 0.267 e. The number of carbonyl (C=O) groups excluding carboxylic acids is 2. The second kappa shape index (κ2) is 4.52. The predicted octanol–water partition coefficient (Wildman–Crippen LogP) is 3.18. The molecule has 0 radical (unpaired) electrons. The molecule has 0 aliphatic carbocycles. The van der Waals surface area contributed by atoms with Crippen LogP contribution in [-0.2, 0) is 5.41 Å². The molecule has 1 aliphatic rings. The standard InChI is InChI=1S/C17H16N2O2/c1-17(2,3)13-9-6-10-14(18-13)19-15(20)11-7-4-5-8-12(11)16(19)21/h4-10H,1-3H3. The van der Waals surface area contributed by atoms with Crippen molar-refractivity contribution in [3.8, 4) is 0 Å². The maximum absolute atomic E-state index is 12.4. The highest BCUT2D eigenvalue weighted by atomic mass is 16.2. The first-order valence-corrected chi connectivity index (χ1v) is 6.85. The van der Waals surface area contributed by atoms with E-state index in [-0.39, 0.29) is 17.2 Å². The topological polar surface area (TPSA) is 50.3 Å². The van der Waals surface area contributed by atoms with Crippen molar-refractivity contribution in [3.05, 3.63) is 59.3 Å². The fraction of sp³-hybridized carbons (Fsp3) is 0.235. The van der Waals surface area contributed by atoms with Crippen LogP contribution in [0.4, 0.5) is 5.82 Å². The van der Waals surface area contributed by atoms with Crippen LogP contribution >= 0.6 is 0 Å². The highest BCUT2D eigenvalue weighted by molar-refractivity contribution is 6.34. The molecule has 106 valence electrons. The van der Waals surface area contributed by atoms with Gasteiger partial charge in [-0.3, -0.25) is 9.59 Å². The van der Waals surface area contributed by atoms with Crippen LogP contribution in [0.1, 0.15) is 47.2 Å². The summed E-state index contributed by atoms with van der Waals surface area (Å²) in [5, 5.41) is 0. The third-order valence-corrected chi connectivity index (χ3v) is 3.53. The Morgan fingerprint density at radius 2 is 1.43 bits per heavy atom. The second-order valence-corrected chi connectivity index (χ2v) is 6.12. The van der Waals surface area contributed by atoms with Gasteiger partial charge in [0.15, 0.2) is 0 Å². The number of fused-ring (bicyclic) bond motifs is 1. The number of hydrogen-bond donors (Lipinski definition) is 0. The lowest BCUT2D eigenvalue weighted by Crippen LogP contribution is -2.31. The first-order chi connectivity index (χ1) is 9.89. The molecule has 4 heteroatoms. The summed E-state index contributed by atoms with van der Waals surface area (Å²) in [5.41, 5.74) is 1.57. The lowest BCUT2D eigenvalue weighted by atomic mass is 9.92. The molecule has 0 fully saturated rings. The van der Waals surface area contributed by atoms with Gasteiger partial charge in [-0.25, -0.2) is 9.88 Å². The van der Waals surface area contributed by atoms with Gasteiger partial charge in [-0.05, 0) is 24.3 Å². The van der Waals surface area contributed by atoms with E-state index in [4.69, 9.17) is 0 Å². The number of anilines is 1. The molecule has 2 aromatic rings. The fourth-order valence-corrected chi connectivity index (χ4v) is 2.36. The van der Waals surface area contributed by atoms with Crippen LogP contribution in [0.5, 0.6) is 0 Å². The van der Waals surface area contributed by atoms with Crippen LogP contribution in [0.3, 0.4) is 0 Å². The molecule has 0 N–H and O–H groups in total. The van der Waals surface area contributed by atoms with Gasteiger partial charge in [-0.1, -0.05) is 39.0 Å². The Hall–Kier alpha value is -2.49. The van der Waals surface area contributed by atoms with Crippen molar-refractivity contribution >= 4 is 17.6 Å². The van der Waals surface area contributed by atoms with E-state index < -0.39 is 0 Å². The molecule has 2 amide bonds. The van der Waals surface area contributed by atoms with Crippen LogP contribution in [0.25, 0.3) is 0 Å². The number of hydrogen-bond acceptors (Lipinski definition) is 3. The molecule has 4 nitrogen and oxygen atoms in total. The molecule has 2 heterocycles. The van der Waals surface area contributed by atoms with Gasteiger partial charge in [-0.2, -0.15) is 0 Å². The maximum atomic E-state index is 12.4. The summed E-state index contributed by atoms with van der Waals surface area (Å²) in [6, 6.07) is 12.3. The zero-order valence-corrected chi connectivity index (χ0v) is 12.3. The van der Waals surface area contributed by atoms with Crippen LogP contribution < -0.4 is 4.90 Å². The Morgan fingerprint density at radius 3 is 1.95 bits per heavy atom. The number of nitrogens with zero attached hydrogens (tertiary/aromatic N) is 2. The van der Waals surface area contributed by atoms with E-state index in [0.29, 0.717) is 16.9 Å². The average Bonchev–Trinajstić information content (AvgIpc) is 2.71. The summed E-state index contributed by atoms with van der Waals surface area (Å²) >= 11 is 0. The lowest BCUT2D eigenvalue weighted by molar-refractivity contribution is 0.0925. The molecule has 0 spiro atoms. The Bertz CT molecular complexity index is 709. The number of aromatic nitrogens is 1. The summed E-state index contributed by atoms with van der Waals surface area (Å²) in [5.74, 6) is -0.239. The Morgan fingerprint density at radius 1 is 0.857 bits per heavy atom. The van der Waals surface area contributed by atoms with Crippen molar-refractivity contribution in [1.82, 2.24) is 4.98 Å². The molecule has 1 aromatic heterocycles. The minimum absolute atomic E-state index is 0.144. The molecule has 21 heavy (non-hydrogen) atoms. The minimum Gasteiger partial charge on any atom is -0.268 e. The van der Waals surface area contributed by atoms with Crippen molar-refractivity contribution < 1.29 is 9.59 Å². The van der Waals surface area contributed by atoms with Gasteiger partial charge in [0.25, 0.3) is 11.8 Å². The Kier molecular flexibility index (Phi) is 2.90. The summed E-state index contributed by atoms with van der Waals surface area (Å²) in [6.45, 7) is 6.13. The summed E-state index contributed by atoms with van der Waals surface area (Å²) in [7, 11) is 0. The van der Waals surface area contributed by atoms with Crippen molar-refractivity contribution in [3.63, 3.8) is 0 Å². The van der Waals surface area contributed by atoms with Gasteiger partial charge in [0.2, 0.25) is 0 Å². The van der Waals surface area contributed by atoms with Crippen LogP contribution in [-0.4, -0.2) is 16.8 Å². The molecule has 0 saturated heterocycles. The van der Waals surface area contributed by atoms with Crippen LogP contribution in [0.2, 0.25) is 0 Å². The number of carbonyl (C=O) groups is 2. The van der Waals surface area contributed by atoms with Crippen LogP contribution in [0.15, 0.2) is 42.5 Å². The van der Waals surface area contributed by atoms with E-state index in [2.05, 4.69) is 4.98 Å². The average molecular weight is 280 g/mol. The molecular formula is C17H16N2O2. The predicted molar refractivity (Wildman–Crippen MR) is 80.5 cm³/mol. The molecule has 0 saturated carbocycles. The van der Waals surface area contributed by atoms with E-state index in [1.165, 1.54) is 0 Å². The second-order valence-electron chi connectivity index (χ2n) is 6.12. The van der Waals surface area contributed by atoms with Gasteiger partial charge < -0.3 is 0 Å². The third-order valence-electron chi connectivity index (χ3n) is 3.53. The van der Waals surface area contributed by atoms with E-state index in [0.717, 1.165) is 10.6 Å². The SMILES string of the molecule is CC(C)(C)c1cccc(N2C(=O)c3ccccc3C2=O)n1. The number of benzene rings is 1. The summed E-state index contributed by atoms with van der Waals surface area (Å²) in [6.07, 6.45) is 0. The summed E-state index contributed by atoms with van der Waals surface area (Å²) < 4.78 is 0. The summed E-state index contributed by atoms with van der Waals surface area (Å²) in [4.78, 5) is 30.5. The van der Waals surface area contributed by atoms with Gasteiger partial charge in [0.05, 0.1) is 11.1 Å². The Balaban J connectivity index is 2.08. The number of rotatable bonds is 1. The zero-order valence-electron chi connectivity index (χ0n) is 12.3. The fourth-order valence-electron chi connectivity index (χ4n) is 2.36. The van der Waals surface area contributed by atoms with E-state index in [9.17, 15) is 9.59 Å². The van der Waals surface area contributed by atoms with E-state index >= 15 is 0 Å². The molecular weight excluding hydrogens is 264 g/mol. The van der Waals surface area contributed by atoms with E-state index in [1.54, 1.807) is 30.3 Å². The Labute approximate surface area is 123 Å².